The van der Waals surface area contributed by atoms with Gasteiger partial charge >= 0.3 is 0 Å². The van der Waals surface area contributed by atoms with E-state index in [9.17, 15) is 18.0 Å². The summed E-state index contributed by atoms with van der Waals surface area (Å²) in [5, 5.41) is 2.99. The summed E-state index contributed by atoms with van der Waals surface area (Å²) in [5.74, 6) is -0.728. The number of nitrogens with zero attached hydrogens (tertiary/aromatic N) is 2. The molecule has 0 fully saturated rings. The Bertz CT molecular complexity index is 1390. The third-order valence-corrected chi connectivity index (χ3v) is 8.15. The van der Waals surface area contributed by atoms with E-state index in [-0.39, 0.29) is 12.5 Å². The number of halogens is 1. The van der Waals surface area contributed by atoms with Gasteiger partial charge in [-0.15, -0.1) is 0 Å². The lowest BCUT2D eigenvalue weighted by molar-refractivity contribution is -0.140. The van der Waals surface area contributed by atoms with E-state index in [1.54, 1.807) is 12.1 Å². The Kier molecular flexibility index (Phi) is 11.3. The molecule has 0 bridgehead atoms. The highest BCUT2D eigenvalue weighted by Gasteiger charge is 2.33. The van der Waals surface area contributed by atoms with E-state index < -0.39 is 28.5 Å². The molecule has 0 aromatic heterocycles. The number of hydrogen-bond acceptors (Lipinski definition) is 4. The molecular weight excluding hydrogens is 590 g/mol. The second-order valence-corrected chi connectivity index (χ2v) is 12.9. The third-order valence-electron chi connectivity index (χ3n) is 6.52. The molecule has 40 heavy (non-hydrogen) atoms. The Morgan fingerprint density at radius 1 is 0.925 bits per heavy atom. The van der Waals surface area contributed by atoms with Crippen molar-refractivity contribution in [3.63, 3.8) is 0 Å². The maximum absolute atomic E-state index is 14.1. The maximum atomic E-state index is 14.1. The zero-order chi connectivity index (χ0) is 29.3. The van der Waals surface area contributed by atoms with E-state index in [0.717, 1.165) is 50.1 Å². The molecule has 1 N–H and O–H groups in total. The lowest BCUT2D eigenvalue weighted by Crippen LogP contribution is -2.53. The highest BCUT2D eigenvalue weighted by Crippen LogP contribution is 2.23. The summed E-state index contributed by atoms with van der Waals surface area (Å²) < 4.78 is 27.9. The lowest BCUT2D eigenvalue weighted by Gasteiger charge is -2.33. The first-order valence-corrected chi connectivity index (χ1v) is 16.0. The number of unbranched alkanes of at least 4 members (excludes halogenated alkanes) is 1. The fraction of sp³-hybridized carbons (Fsp3) is 0.355. The molecule has 1 atom stereocenters. The van der Waals surface area contributed by atoms with Gasteiger partial charge in [-0.25, -0.2) is 8.42 Å². The largest absolute Gasteiger partial charge is 0.354 e. The molecule has 0 unspecified atom stereocenters. The van der Waals surface area contributed by atoms with Gasteiger partial charge in [0.05, 0.1) is 11.9 Å². The van der Waals surface area contributed by atoms with E-state index >= 15 is 0 Å². The molecule has 0 aliphatic carbocycles. The molecule has 0 heterocycles. The van der Waals surface area contributed by atoms with Gasteiger partial charge in [0.15, 0.2) is 0 Å². The zero-order valence-corrected chi connectivity index (χ0v) is 26.0. The number of nitrogens with one attached hydrogen (secondary N) is 1. The van der Waals surface area contributed by atoms with Crippen molar-refractivity contribution in [2.24, 2.45) is 0 Å². The van der Waals surface area contributed by atoms with Gasteiger partial charge in [0.1, 0.15) is 12.6 Å². The predicted octanol–water partition coefficient (Wildman–Crippen LogP) is 5.39. The normalized spacial score (nSPS) is 12.0. The van der Waals surface area contributed by atoms with Crippen LogP contribution in [0.15, 0.2) is 77.3 Å². The molecule has 0 saturated carbocycles. The van der Waals surface area contributed by atoms with Gasteiger partial charge in [0, 0.05) is 24.0 Å². The van der Waals surface area contributed by atoms with Crippen LogP contribution in [0.25, 0.3) is 0 Å². The van der Waals surface area contributed by atoms with Gasteiger partial charge in [0.2, 0.25) is 21.8 Å². The van der Waals surface area contributed by atoms with Crippen LogP contribution in [0.3, 0.4) is 0 Å². The minimum Gasteiger partial charge on any atom is -0.354 e. The third kappa shape index (κ3) is 9.20. The van der Waals surface area contributed by atoms with Crippen LogP contribution in [-0.4, -0.2) is 50.5 Å². The predicted molar refractivity (Wildman–Crippen MR) is 165 cm³/mol. The summed E-state index contributed by atoms with van der Waals surface area (Å²) in [6, 6.07) is 21.7. The number of hydrogen-bond donors (Lipinski definition) is 1. The fourth-order valence-electron chi connectivity index (χ4n) is 4.60. The Hall–Kier alpha value is -3.17. The molecule has 7 nitrogen and oxygen atoms in total. The highest BCUT2D eigenvalue weighted by atomic mass is 79.9. The Labute approximate surface area is 246 Å². The number of rotatable bonds is 13. The first kappa shape index (κ1) is 31.4. The fourth-order valence-corrected chi connectivity index (χ4v) is 5.88. The van der Waals surface area contributed by atoms with Crippen molar-refractivity contribution in [2.45, 2.75) is 52.6 Å². The van der Waals surface area contributed by atoms with Crippen LogP contribution in [0, 0.1) is 13.8 Å². The van der Waals surface area contributed by atoms with Crippen molar-refractivity contribution < 1.29 is 18.0 Å². The van der Waals surface area contributed by atoms with Crippen molar-refractivity contribution in [1.29, 1.82) is 0 Å². The van der Waals surface area contributed by atoms with Crippen LogP contribution in [0.1, 0.15) is 42.0 Å². The van der Waals surface area contributed by atoms with Gasteiger partial charge in [-0.05, 0) is 66.8 Å². The molecule has 3 rings (SSSR count). The number of carbonyl (C=O) groups excluding carboxylic acids is 2. The zero-order valence-electron chi connectivity index (χ0n) is 23.6. The highest BCUT2D eigenvalue weighted by molar-refractivity contribution is 9.10. The molecule has 0 aliphatic heterocycles. The molecule has 0 radical (unpaired) electrons. The summed E-state index contributed by atoms with van der Waals surface area (Å²) in [7, 11) is -3.80. The second-order valence-electron chi connectivity index (χ2n) is 10.1. The van der Waals surface area contributed by atoms with Crippen molar-refractivity contribution in [2.75, 3.05) is 23.7 Å². The number of aryl methyl sites for hydroxylation is 2. The van der Waals surface area contributed by atoms with E-state index in [1.165, 1.54) is 4.90 Å². The van der Waals surface area contributed by atoms with E-state index in [1.807, 2.05) is 81.4 Å². The van der Waals surface area contributed by atoms with Crippen molar-refractivity contribution in [3.8, 4) is 0 Å². The van der Waals surface area contributed by atoms with Gasteiger partial charge in [-0.1, -0.05) is 77.8 Å². The number of amides is 2. The molecule has 3 aromatic carbocycles. The molecular formula is C31H38BrN3O4S. The van der Waals surface area contributed by atoms with Crippen LogP contribution in [-0.2, 0) is 32.6 Å². The van der Waals surface area contributed by atoms with Crippen LogP contribution in [0.5, 0.6) is 0 Å². The van der Waals surface area contributed by atoms with Crippen LogP contribution in [0.4, 0.5) is 5.69 Å². The minimum atomic E-state index is -3.80. The first-order chi connectivity index (χ1) is 19.0. The summed E-state index contributed by atoms with van der Waals surface area (Å²) in [5.41, 5.74) is 3.92. The number of sulfonamides is 1. The quantitative estimate of drug-likeness (QED) is 0.258. The topological polar surface area (TPSA) is 86.8 Å². The summed E-state index contributed by atoms with van der Waals surface area (Å²) in [6.45, 7) is 6.02. The number of anilines is 1. The minimum absolute atomic E-state index is 0.140. The molecule has 0 saturated heterocycles. The van der Waals surface area contributed by atoms with Crippen LogP contribution in [0.2, 0.25) is 0 Å². The van der Waals surface area contributed by atoms with Gasteiger partial charge < -0.3 is 10.2 Å². The molecule has 3 aromatic rings. The van der Waals surface area contributed by atoms with Crippen LogP contribution >= 0.6 is 15.9 Å². The first-order valence-electron chi connectivity index (χ1n) is 13.4. The average Bonchev–Trinajstić information content (AvgIpc) is 2.88. The summed E-state index contributed by atoms with van der Waals surface area (Å²) in [6.07, 6.45) is 3.12. The lowest BCUT2D eigenvalue weighted by atomic mass is 10.0. The SMILES string of the molecule is CCCCNC(=O)[C@@H](Cc1ccccc1)N(Cc1cccc(Br)c1)C(=O)CN(c1cc(C)cc(C)c1)S(C)(=O)=O. The van der Waals surface area contributed by atoms with Crippen molar-refractivity contribution in [1.82, 2.24) is 10.2 Å². The molecule has 2 amide bonds. The average molecular weight is 629 g/mol. The molecule has 214 valence electrons. The Balaban J connectivity index is 2.05. The van der Waals surface area contributed by atoms with Gasteiger partial charge in [0.25, 0.3) is 0 Å². The molecule has 0 spiro atoms. The molecule has 0 aliphatic rings. The number of carbonyl (C=O) groups is 2. The van der Waals surface area contributed by atoms with Crippen molar-refractivity contribution >= 4 is 43.5 Å². The second kappa shape index (κ2) is 14.5. The Morgan fingerprint density at radius 3 is 2.17 bits per heavy atom. The van der Waals surface area contributed by atoms with Crippen molar-refractivity contribution in [3.05, 3.63) is 99.5 Å². The van der Waals surface area contributed by atoms with Gasteiger partial charge in [-0.2, -0.15) is 0 Å². The van der Waals surface area contributed by atoms with E-state index in [0.29, 0.717) is 18.7 Å². The number of benzene rings is 3. The Morgan fingerprint density at radius 2 is 1.57 bits per heavy atom. The summed E-state index contributed by atoms with van der Waals surface area (Å²) >= 11 is 3.49. The van der Waals surface area contributed by atoms with Gasteiger partial charge in [-0.3, -0.25) is 13.9 Å². The summed E-state index contributed by atoms with van der Waals surface area (Å²) in [4.78, 5) is 29.3. The standard InChI is InChI=1S/C31H38BrN3O4S/c1-5-6-15-33-31(37)29(20-25-11-8-7-9-12-25)34(21-26-13-10-14-27(32)19-26)30(36)22-35(40(4,38)39)28-17-23(2)16-24(3)18-28/h7-14,16-19,29H,5-6,15,20-22H2,1-4H3,(H,33,37)/t29-/m1/s1. The maximum Gasteiger partial charge on any atom is 0.244 e. The van der Waals surface area contributed by atoms with E-state index in [4.69, 9.17) is 0 Å². The van der Waals surface area contributed by atoms with E-state index in [2.05, 4.69) is 21.2 Å². The monoisotopic (exact) mass is 627 g/mol. The van der Waals surface area contributed by atoms with Crippen LogP contribution < -0.4 is 9.62 Å². The molecule has 9 heteroatoms. The smallest absolute Gasteiger partial charge is 0.244 e.